The molecule has 0 fully saturated rings. The highest BCUT2D eigenvalue weighted by molar-refractivity contribution is 5.69. The summed E-state index contributed by atoms with van der Waals surface area (Å²) in [4.78, 5) is 4.35. The molecule has 0 saturated heterocycles. The first-order valence-corrected chi connectivity index (χ1v) is 9.88. The predicted molar refractivity (Wildman–Crippen MR) is 118 cm³/mol. The number of ether oxygens (including phenoxy) is 1. The molecule has 0 aliphatic carbocycles. The lowest BCUT2D eigenvalue weighted by atomic mass is 9.98. The average molecular weight is 393 g/mol. The van der Waals surface area contributed by atoms with Crippen LogP contribution in [0.5, 0.6) is 5.75 Å². The van der Waals surface area contributed by atoms with Crippen LogP contribution in [0.1, 0.15) is 27.9 Å². The van der Waals surface area contributed by atoms with Crippen LogP contribution in [0.25, 0.3) is 11.1 Å². The lowest BCUT2D eigenvalue weighted by Gasteiger charge is -2.12. The maximum atomic E-state index is 8.96. The van der Waals surface area contributed by atoms with Crippen LogP contribution in [0.2, 0.25) is 0 Å². The zero-order valence-corrected chi connectivity index (χ0v) is 17.2. The minimum atomic E-state index is 0.679. The minimum absolute atomic E-state index is 0.679. The topological polar surface area (TPSA) is 50.8 Å². The monoisotopic (exact) mass is 393 g/mol. The van der Waals surface area contributed by atoms with E-state index in [2.05, 4.69) is 52.9 Å². The van der Waals surface area contributed by atoms with Gasteiger partial charge < -0.3 is 9.30 Å². The Morgan fingerprint density at radius 2 is 1.80 bits per heavy atom. The van der Waals surface area contributed by atoms with Crippen LogP contribution < -0.4 is 4.74 Å². The van der Waals surface area contributed by atoms with Gasteiger partial charge in [0, 0.05) is 24.9 Å². The summed E-state index contributed by atoms with van der Waals surface area (Å²) in [5.74, 6) is 0.863. The second-order valence-corrected chi connectivity index (χ2v) is 7.38. The lowest BCUT2D eigenvalue weighted by Crippen LogP contribution is -2.04. The average Bonchev–Trinajstić information content (AvgIpc) is 3.21. The normalized spacial score (nSPS) is 10.6. The lowest BCUT2D eigenvalue weighted by molar-refractivity contribution is 0.415. The quantitative estimate of drug-likeness (QED) is 0.442. The Morgan fingerprint density at radius 3 is 2.53 bits per heavy atom. The third-order valence-corrected chi connectivity index (χ3v) is 5.29. The summed E-state index contributed by atoms with van der Waals surface area (Å²) in [6, 6.07) is 24.6. The molecule has 4 heteroatoms. The molecule has 4 aromatic rings. The first kappa shape index (κ1) is 19.5. The van der Waals surface area contributed by atoms with E-state index in [0.29, 0.717) is 5.56 Å². The van der Waals surface area contributed by atoms with Gasteiger partial charge in [-0.25, -0.2) is 4.98 Å². The molecule has 0 bridgehead atoms. The van der Waals surface area contributed by atoms with E-state index < -0.39 is 0 Å². The van der Waals surface area contributed by atoms with Crippen molar-refractivity contribution in [3.63, 3.8) is 0 Å². The second-order valence-electron chi connectivity index (χ2n) is 7.38. The second kappa shape index (κ2) is 8.67. The molecule has 0 aliphatic rings. The number of hydrogen-bond donors (Lipinski definition) is 0. The number of imidazole rings is 1. The van der Waals surface area contributed by atoms with E-state index in [1.54, 1.807) is 7.11 Å². The minimum Gasteiger partial charge on any atom is -0.497 e. The van der Waals surface area contributed by atoms with Gasteiger partial charge in [0.25, 0.3) is 0 Å². The molecule has 3 aromatic carbocycles. The molecule has 0 amide bonds. The highest BCUT2D eigenvalue weighted by Crippen LogP contribution is 2.27. The maximum absolute atomic E-state index is 8.96. The number of nitrogens with zero attached hydrogens (tertiary/aromatic N) is 3. The van der Waals surface area contributed by atoms with Crippen LogP contribution in [0.15, 0.2) is 79.3 Å². The molecular weight excluding hydrogens is 370 g/mol. The van der Waals surface area contributed by atoms with E-state index in [0.717, 1.165) is 30.0 Å². The number of rotatable bonds is 6. The summed E-state index contributed by atoms with van der Waals surface area (Å²) in [6.07, 6.45) is 4.58. The number of aromatic nitrogens is 2. The third kappa shape index (κ3) is 4.26. The zero-order chi connectivity index (χ0) is 20.9. The summed E-state index contributed by atoms with van der Waals surface area (Å²) >= 11 is 0. The highest BCUT2D eigenvalue weighted by Gasteiger charge is 2.08. The molecule has 1 heterocycles. The van der Waals surface area contributed by atoms with Crippen molar-refractivity contribution in [3.8, 4) is 22.9 Å². The molecule has 0 N–H and O–H groups in total. The SMILES string of the molecule is COc1cccc(-c2ccc(Cn3cncc3Cc3ccc(C#N)cc3)cc2C)c1. The van der Waals surface area contributed by atoms with Gasteiger partial charge in [0.1, 0.15) is 5.75 Å². The number of benzene rings is 3. The first-order chi connectivity index (χ1) is 14.7. The van der Waals surface area contributed by atoms with Crippen molar-refractivity contribution in [1.29, 1.82) is 5.26 Å². The fraction of sp³-hybridized carbons (Fsp3) is 0.154. The van der Waals surface area contributed by atoms with Crippen molar-refractivity contribution in [2.24, 2.45) is 0 Å². The van der Waals surface area contributed by atoms with Crippen molar-refractivity contribution >= 4 is 0 Å². The number of aryl methyl sites for hydroxylation is 1. The van der Waals surface area contributed by atoms with Crippen molar-refractivity contribution < 1.29 is 4.74 Å². The van der Waals surface area contributed by atoms with Crippen LogP contribution in [-0.4, -0.2) is 16.7 Å². The van der Waals surface area contributed by atoms with Gasteiger partial charge in [0.15, 0.2) is 0 Å². The Balaban J connectivity index is 1.53. The molecule has 0 atom stereocenters. The van der Waals surface area contributed by atoms with Gasteiger partial charge in [-0.3, -0.25) is 0 Å². The fourth-order valence-corrected chi connectivity index (χ4v) is 3.68. The molecule has 0 spiro atoms. The zero-order valence-electron chi connectivity index (χ0n) is 17.2. The van der Waals surface area contributed by atoms with Crippen molar-refractivity contribution in [3.05, 3.63) is 107 Å². The maximum Gasteiger partial charge on any atom is 0.119 e. The Bertz CT molecular complexity index is 1200. The summed E-state index contributed by atoms with van der Waals surface area (Å²) in [5.41, 5.74) is 7.82. The summed E-state index contributed by atoms with van der Waals surface area (Å²) < 4.78 is 7.54. The van der Waals surface area contributed by atoms with Gasteiger partial charge in [-0.1, -0.05) is 42.5 Å². The Kier molecular flexibility index (Phi) is 5.63. The van der Waals surface area contributed by atoms with E-state index >= 15 is 0 Å². The van der Waals surface area contributed by atoms with Gasteiger partial charge in [0.2, 0.25) is 0 Å². The van der Waals surface area contributed by atoms with Gasteiger partial charge in [-0.15, -0.1) is 0 Å². The van der Waals surface area contributed by atoms with Crippen molar-refractivity contribution in [1.82, 2.24) is 9.55 Å². The Morgan fingerprint density at radius 1 is 1.00 bits per heavy atom. The van der Waals surface area contributed by atoms with Crippen molar-refractivity contribution in [2.45, 2.75) is 19.9 Å². The van der Waals surface area contributed by atoms with Crippen molar-refractivity contribution in [2.75, 3.05) is 7.11 Å². The number of methoxy groups -OCH3 is 1. The largest absolute Gasteiger partial charge is 0.497 e. The molecular formula is C26H23N3O. The summed E-state index contributed by atoms with van der Waals surface area (Å²) in [6.45, 7) is 2.91. The Hall–Kier alpha value is -3.84. The van der Waals surface area contributed by atoms with Gasteiger partial charge in [-0.2, -0.15) is 5.26 Å². The molecule has 0 aliphatic heterocycles. The van der Waals surface area contributed by atoms with Crippen LogP contribution in [-0.2, 0) is 13.0 Å². The number of hydrogen-bond acceptors (Lipinski definition) is 3. The van der Waals surface area contributed by atoms with E-state index in [9.17, 15) is 0 Å². The molecule has 4 rings (SSSR count). The fourth-order valence-electron chi connectivity index (χ4n) is 3.68. The van der Waals surface area contributed by atoms with Crippen LogP contribution >= 0.6 is 0 Å². The standard InChI is InChI=1S/C26H23N3O/c1-19-12-22(10-11-26(19)23-4-3-5-25(14-23)30-2)17-29-18-28-16-24(29)13-20-6-8-21(15-27)9-7-20/h3-12,14,16,18H,13,17H2,1-2H3. The molecule has 0 radical (unpaired) electrons. The van der Waals surface area contributed by atoms with Crippen LogP contribution in [0.3, 0.4) is 0 Å². The molecule has 0 saturated carbocycles. The predicted octanol–water partition coefficient (Wildman–Crippen LogP) is 5.38. The molecule has 0 unspecified atom stereocenters. The molecule has 30 heavy (non-hydrogen) atoms. The first-order valence-electron chi connectivity index (χ1n) is 9.88. The van der Waals surface area contributed by atoms with E-state index in [1.165, 1.54) is 22.3 Å². The van der Waals surface area contributed by atoms with Crippen LogP contribution in [0.4, 0.5) is 0 Å². The van der Waals surface area contributed by atoms with Gasteiger partial charge in [-0.05, 0) is 59.0 Å². The summed E-state index contributed by atoms with van der Waals surface area (Å²) in [5, 5.41) is 8.96. The smallest absolute Gasteiger partial charge is 0.119 e. The number of nitriles is 1. The molecule has 4 nitrogen and oxygen atoms in total. The third-order valence-electron chi connectivity index (χ3n) is 5.29. The molecule has 1 aromatic heterocycles. The summed E-state index contributed by atoms with van der Waals surface area (Å²) in [7, 11) is 1.69. The Labute approximate surface area is 177 Å². The van der Waals surface area contributed by atoms with E-state index in [-0.39, 0.29) is 0 Å². The van der Waals surface area contributed by atoms with Gasteiger partial charge >= 0.3 is 0 Å². The van der Waals surface area contributed by atoms with Gasteiger partial charge in [0.05, 0.1) is 25.1 Å². The van der Waals surface area contributed by atoms with E-state index in [1.807, 2.05) is 48.9 Å². The van der Waals surface area contributed by atoms with Crippen LogP contribution in [0, 0.1) is 18.3 Å². The molecule has 148 valence electrons. The highest BCUT2D eigenvalue weighted by atomic mass is 16.5. The van der Waals surface area contributed by atoms with E-state index in [4.69, 9.17) is 10.00 Å².